The number of amides is 3. The zero-order chi connectivity index (χ0) is 73.4. The second-order valence-corrected chi connectivity index (χ2v) is 27.2. The van der Waals surface area contributed by atoms with Crippen molar-refractivity contribution in [2.24, 2.45) is 15.4 Å². The summed E-state index contributed by atoms with van der Waals surface area (Å²) in [5.74, 6) is -5.58. The number of fused-ring (bicyclic) bond motifs is 3. The molecule has 3 aliphatic rings. The lowest BCUT2D eigenvalue weighted by Crippen LogP contribution is -2.37. The standard InChI is InChI=1S/3C21H22F2N6O4S/c3*1-12(26-16-9-14(22)8-15(23)10-16)17-6-13(21(30)28-34(24,31)32)7-18-20(17)27-19(11-25-18)29-2-4-33-5-3-29/h3*6-12,26H,2-5H2,1H3,(H,28,30)(H2,24,31,32). The van der Waals surface area contributed by atoms with Crippen molar-refractivity contribution in [1.82, 2.24) is 44.1 Å². The van der Waals surface area contributed by atoms with Crippen LogP contribution in [0.4, 0.5) is 60.9 Å². The van der Waals surface area contributed by atoms with E-state index in [1.807, 2.05) is 14.7 Å². The van der Waals surface area contributed by atoms with Crippen molar-refractivity contribution < 1.29 is 80.2 Å². The lowest BCUT2D eigenvalue weighted by Gasteiger charge is -2.28. The van der Waals surface area contributed by atoms with Gasteiger partial charge in [0.2, 0.25) is 0 Å². The number of aromatic nitrogens is 6. The van der Waals surface area contributed by atoms with Crippen molar-refractivity contribution in [3.05, 3.63) is 178 Å². The van der Waals surface area contributed by atoms with E-state index in [1.54, 1.807) is 53.5 Å². The Hall–Kier alpha value is -10.3. The van der Waals surface area contributed by atoms with Crippen molar-refractivity contribution in [3.63, 3.8) is 0 Å². The normalized spacial score (nSPS) is 15.2. The van der Waals surface area contributed by atoms with Crippen LogP contribution in [-0.4, -0.2) is 152 Å². The van der Waals surface area contributed by atoms with Crippen LogP contribution in [-0.2, 0) is 44.8 Å². The van der Waals surface area contributed by atoms with Crippen molar-refractivity contribution in [2.75, 3.05) is 110 Å². The lowest BCUT2D eigenvalue weighted by atomic mass is 10.0. The van der Waals surface area contributed by atoms with Crippen LogP contribution in [0.5, 0.6) is 0 Å². The predicted molar refractivity (Wildman–Crippen MR) is 365 cm³/mol. The summed E-state index contributed by atoms with van der Waals surface area (Å²) in [4.78, 5) is 70.9. The molecule has 6 aromatic carbocycles. The first-order valence-corrected chi connectivity index (χ1v) is 35.5. The van der Waals surface area contributed by atoms with Crippen LogP contribution in [0.1, 0.15) is 86.7 Å². The summed E-state index contributed by atoms with van der Waals surface area (Å²) in [5.41, 5.74) is 4.14. The van der Waals surface area contributed by atoms with E-state index in [0.717, 1.165) is 54.6 Å². The summed E-state index contributed by atoms with van der Waals surface area (Å²) >= 11 is 0. The molecule has 6 heterocycles. The van der Waals surface area contributed by atoms with Crippen molar-refractivity contribution in [3.8, 4) is 0 Å². The number of carbonyl (C=O) groups is 3. The van der Waals surface area contributed by atoms with Crippen LogP contribution in [0, 0.1) is 34.9 Å². The highest BCUT2D eigenvalue weighted by molar-refractivity contribution is 7.88. The molecule has 102 heavy (non-hydrogen) atoms. The molecular formula is C63H66F6N18O12S3. The number of benzene rings is 6. The van der Waals surface area contributed by atoms with E-state index < -0.39 is 101 Å². The highest BCUT2D eigenvalue weighted by Crippen LogP contribution is 2.33. The minimum atomic E-state index is -4.29. The average Bonchev–Trinajstić information content (AvgIpc) is 0.788. The number of nitrogens with two attached hydrogens (primary N) is 3. The quantitative estimate of drug-likeness (QED) is 0.0475. The number of hydrogen-bond donors (Lipinski definition) is 9. The smallest absolute Gasteiger partial charge is 0.298 e. The second-order valence-electron chi connectivity index (χ2n) is 23.3. The molecule has 3 unspecified atom stereocenters. The Morgan fingerprint density at radius 3 is 0.824 bits per heavy atom. The number of nitrogens with one attached hydrogen (secondary N) is 6. The monoisotopic (exact) mass is 1480 g/mol. The van der Waals surface area contributed by atoms with E-state index in [-0.39, 0.29) is 33.8 Å². The van der Waals surface area contributed by atoms with Crippen molar-refractivity contribution >= 4 is 116 Å². The summed E-state index contributed by atoms with van der Waals surface area (Å²) in [7, 11) is -12.9. The minimum absolute atomic E-state index is 0.0241. The first-order chi connectivity index (χ1) is 48.3. The van der Waals surface area contributed by atoms with Gasteiger partial charge in [-0.1, -0.05) is 0 Å². The molecule has 9 aromatic rings. The Kier molecular flexibility index (Phi) is 23.2. The van der Waals surface area contributed by atoms with Gasteiger partial charge in [-0.3, -0.25) is 29.3 Å². The maximum atomic E-state index is 13.7. The Labute approximate surface area is 579 Å². The molecule has 540 valence electrons. The minimum Gasteiger partial charge on any atom is -0.378 e. The van der Waals surface area contributed by atoms with Crippen LogP contribution in [0.15, 0.2) is 110 Å². The molecule has 3 saturated heterocycles. The van der Waals surface area contributed by atoms with Gasteiger partial charge in [-0.15, -0.1) is 0 Å². The molecular weight excluding hydrogens is 1410 g/mol. The molecule has 3 fully saturated rings. The van der Waals surface area contributed by atoms with Gasteiger partial charge >= 0.3 is 0 Å². The van der Waals surface area contributed by atoms with Crippen LogP contribution in [0.2, 0.25) is 0 Å². The maximum Gasteiger partial charge on any atom is 0.298 e. The Balaban J connectivity index is 0.000000165. The summed E-state index contributed by atoms with van der Waals surface area (Å²) in [6, 6.07) is 15.7. The fourth-order valence-corrected chi connectivity index (χ4v) is 12.2. The van der Waals surface area contributed by atoms with Gasteiger partial charge in [-0.25, -0.2) is 70.9 Å². The maximum absolute atomic E-state index is 13.7. The third kappa shape index (κ3) is 20.0. The Bertz CT molecular complexity index is 4480. The van der Waals surface area contributed by atoms with Crippen LogP contribution in [0.25, 0.3) is 33.1 Å². The fraction of sp³-hybridized carbons (Fsp3) is 0.286. The predicted octanol–water partition coefficient (Wildman–Crippen LogP) is 5.55. The van der Waals surface area contributed by atoms with Gasteiger partial charge in [0.15, 0.2) is 0 Å². The molecule has 39 heteroatoms. The molecule has 12 rings (SSSR count). The molecule has 0 saturated carbocycles. The molecule has 3 atom stereocenters. The number of hydrogen-bond acceptors (Lipinski definition) is 24. The molecule has 3 amide bonds. The molecule has 30 nitrogen and oxygen atoms in total. The number of anilines is 6. The topological polar surface area (TPSA) is 419 Å². The summed E-state index contributed by atoms with van der Waals surface area (Å²) in [6.07, 6.45) is 4.66. The summed E-state index contributed by atoms with van der Waals surface area (Å²) < 4.78 is 171. The Morgan fingerprint density at radius 1 is 0.382 bits per heavy atom. The van der Waals surface area contributed by atoms with Gasteiger partial charge in [0.1, 0.15) is 52.4 Å². The highest BCUT2D eigenvalue weighted by atomic mass is 32.2. The molecule has 0 radical (unpaired) electrons. The molecule has 3 aromatic heterocycles. The van der Waals surface area contributed by atoms with Crippen LogP contribution >= 0.6 is 0 Å². The number of morpholine rings is 3. The van der Waals surface area contributed by atoms with Crippen LogP contribution in [0.3, 0.4) is 0 Å². The molecule has 12 N–H and O–H groups in total. The van der Waals surface area contributed by atoms with E-state index >= 15 is 0 Å². The molecule has 0 spiro atoms. The number of ether oxygens (including phenoxy) is 3. The van der Waals surface area contributed by atoms with Gasteiger partial charge in [0.05, 0.1) is 109 Å². The highest BCUT2D eigenvalue weighted by Gasteiger charge is 2.26. The van der Waals surface area contributed by atoms with Gasteiger partial charge in [0, 0.05) is 108 Å². The zero-order valence-corrected chi connectivity index (χ0v) is 56.7. The summed E-state index contributed by atoms with van der Waals surface area (Å²) in [6.45, 7) is 12.1. The van der Waals surface area contributed by atoms with Gasteiger partial charge in [0.25, 0.3) is 48.3 Å². The van der Waals surface area contributed by atoms with Gasteiger partial charge in [-0.05, 0) is 93.6 Å². The van der Waals surface area contributed by atoms with Gasteiger partial charge in [-0.2, -0.15) is 25.3 Å². The average molecular weight is 1480 g/mol. The van der Waals surface area contributed by atoms with Gasteiger partial charge < -0.3 is 44.9 Å². The third-order valence-electron chi connectivity index (χ3n) is 15.6. The van der Waals surface area contributed by atoms with Crippen molar-refractivity contribution in [1.29, 1.82) is 0 Å². The van der Waals surface area contributed by atoms with E-state index in [2.05, 4.69) is 30.9 Å². The number of nitrogens with zero attached hydrogens (tertiary/aromatic N) is 9. The SMILES string of the molecule is CC(Nc1cc(F)cc(F)c1)c1cc(C(=O)NS(N)(=O)=O)cc2ncc(N3CCOCC3)nc12.CC(Nc1cc(F)cc(F)c1)c1cc(C(=O)NS(N)(=O)=O)cc2ncc(N3CCOCC3)nc12.CC(Nc1cc(F)cc(F)c1)c1cc(C(=O)NS(N)(=O)=O)cc2ncc(N3CCOCC3)nc12. The molecule has 0 bridgehead atoms. The third-order valence-corrected chi connectivity index (χ3v) is 17.0. The van der Waals surface area contributed by atoms with E-state index in [0.29, 0.717) is 146 Å². The molecule has 0 aliphatic carbocycles. The van der Waals surface area contributed by atoms with E-state index in [9.17, 15) is 66.0 Å². The Morgan fingerprint density at radius 2 is 0.608 bits per heavy atom. The first-order valence-electron chi connectivity index (χ1n) is 30.9. The van der Waals surface area contributed by atoms with Crippen LogP contribution < -0.4 is 60.2 Å². The number of rotatable bonds is 18. The first kappa shape index (κ1) is 74.4. The second kappa shape index (κ2) is 31.7. The lowest BCUT2D eigenvalue weighted by molar-refractivity contribution is 0.0972. The van der Waals surface area contributed by atoms with E-state index in [1.165, 1.54) is 36.4 Å². The zero-order valence-electron chi connectivity index (χ0n) is 54.3. The number of carbonyl (C=O) groups excluding carboxylic acids is 3. The summed E-state index contributed by atoms with van der Waals surface area (Å²) in [5, 5.41) is 23.8. The fourth-order valence-electron chi connectivity index (χ4n) is 11.1. The van der Waals surface area contributed by atoms with Crippen molar-refractivity contribution in [2.45, 2.75) is 38.9 Å². The molecule has 3 aliphatic heterocycles. The largest absolute Gasteiger partial charge is 0.378 e. The van der Waals surface area contributed by atoms with E-state index in [4.69, 9.17) is 44.6 Å². The number of halogens is 6.